The molecular weight excluding hydrogens is 330 g/mol. The Bertz CT molecular complexity index is 537. The van der Waals surface area contributed by atoms with E-state index in [0.717, 1.165) is 29.9 Å². The molecule has 0 amide bonds. The third-order valence-electron chi connectivity index (χ3n) is 3.00. The second-order valence-electron chi connectivity index (χ2n) is 5.44. The van der Waals surface area contributed by atoms with Crippen molar-refractivity contribution in [2.24, 2.45) is 5.92 Å². The van der Waals surface area contributed by atoms with Crippen LogP contribution in [-0.2, 0) is 13.1 Å². The highest BCUT2D eigenvalue weighted by Crippen LogP contribution is 2.12. The van der Waals surface area contributed by atoms with Gasteiger partial charge >= 0.3 is 0 Å². The molecule has 1 aromatic heterocycles. The van der Waals surface area contributed by atoms with E-state index in [1.807, 2.05) is 23.0 Å². The van der Waals surface area contributed by atoms with Crippen molar-refractivity contribution in [1.29, 1.82) is 0 Å². The molecule has 0 atom stereocenters. The molecule has 0 aliphatic heterocycles. The average Bonchev–Trinajstić information content (AvgIpc) is 2.86. The number of nitrogens with zero attached hydrogens (tertiary/aromatic N) is 2. The first-order chi connectivity index (χ1) is 10.1. The fraction of sp³-hybridized carbons (Fsp3) is 0.438. The molecule has 0 aliphatic carbocycles. The van der Waals surface area contributed by atoms with Crippen LogP contribution in [-0.4, -0.2) is 22.9 Å². The summed E-state index contributed by atoms with van der Waals surface area (Å²) in [6, 6.07) is 8.25. The Morgan fingerprint density at radius 3 is 2.67 bits per heavy atom. The average molecular weight is 352 g/mol. The molecule has 1 N–H and O–H groups in total. The highest BCUT2D eigenvalue weighted by Gasteiger charge is 1.99. The van der Waals surface area contributed by atoms with E-state index in [9.17, 15) is 0 Å². The zero-order valence-electron chi connectivity index (χ0n) is 12.6. The van der Waals surface area contributed by atoms with Gasteiger partial charge in [-0.1, -0.05) is 26.0 Å². The van der Waals surface area contributed by atoms with Gasteiger partial charge in [-0.05, 0) is 46.1 Å². The van der Waals surface area contributed by atoms with E-state index in [1.54, 1.807) is 6.20 Å². The summed E-state index contributed by atoms with van der Waals surface area (Å²) in [5.41, 5.74) is 1.28. The monoisotopic (exact) mass is 351 g/mol. The van der Waals surface area contributed by atoms with Crippen LogP contribution in [0, 0.1) is 5.92 Å². The Morgan fingerprint density at radius 1 is 1.29 bits per heavy atom. The number of hydrogen-bond acceptors (Lipinski definition) is 3. The molecule has 21 heavy (non-hydrogen) atoms. The smallest absolute Gasteiger partial charge is 0.119 e. The molecule has 0 radical (unpaired) electrons. The van der Waals surface area contributed by atoms with Gasteiger partial charge in [0.25, 0.3) is 0 Å². The van der Waals surface area contributed by atoms with Crippen LogP contribution >= 0.6 is 15.9 Å². The molecule has 114 valence electrons. The van der Waals surface area contributed by atoms with Crippen molar-refractivity contribution in [2.75, 3.05) is 13.2 Å². The van der Waals surface area contributed by atoms with Gasteiger partial charge in [0.15, 0.2) is 0 Å². The van der Waals surface area contributed by atoms with Gasteiger partial charge in [0.1, 0.15) is 12.4 Å². The van der Waals surface area contributed by atoms with Gasteiger partial charge in [0, 0.05) is 12.7 Å². The number of nitrogens with one attached hydrogen (secondary N) is 1. The second-order valence-corrected chi connectivity index (χ2v) is 6.35. The molecule has 0 aliphatic rings. The molecule has 2 rings (SSSR count). The van der Waals surface area contributed by atoms with Crippen molar-refractivity contribution in [1.82, 2.24) is 15.1 Å². The van der Waals surface area contributed by atoms with Gasteiger partial charge < -0.3 is 10.1 Å². The zero-order chi connectivity index (χ0) is 15.1. The van der Waals surface area contributed by atoms with E-state index >= 15 is 0 Å². The lowest BCUT2D eigenvalue weighted by molar-refractivity contribution is 0.291. The van der Waals surface area contributed by atoms with E-state index < -0.39 is 0 Å². The van der Waals surface area contributed by atoms with Crippen LogP contribution in [0.4, 0.5) is 0 Å². The van der Waals surface area contributed by atoms with Crippen LogP contribution in [0.3, 0.4) is 0 Å². The summed E-state index contributed by atoms with van der Waals surface area (Å²) in [5.74, 6) is 1.57. The molecule has 0 bridgehead atoms. The van der Waals surface area contributed by atoms with Crippen molar-refractivity contribution in [2.45, 2.75) is 26.9 Å². The first-order valence-electron chi connectivity index (χ1n) is 7.24. The molecule has 1 aromatic carbocycles. The van der Waals surface area contributed by atoms with E-state index in [2.05, 4.69) is 52.3 Å². The maximum absolute atomic E-state index is 5.72. The van der Waals surface area contributed by atoms with E-state index in [4.69, 9.17) is 4.74 Å². The molecule has 4 nitrogen and oxygen atoms in total. The topological polar surface area (TPSA) is 39.1 Å². The number of ether oxygens (including phenoxy) is 1. The Balaban J connectivity index is 1.72. The minimum atomic E-state index is 0.610. The fourth-order valence-electron chi connectivity index (χ4n) is 1.93. The standard InChI is InChI=1S/C16H22BrN3O/c1-13(2)9-18-10-14-3-5-16(6-4-14)21-8-7-20-12-15(17)11-19-20/h3-6,11-13,18H,7-10H2,1-2H3. The zero-order valence-corrected chi connectivity index (χ0v) is 14.1. The van der Waals surface area contributed by atoms with Crippen LogP contribution in [0.15, 0.2) is 41.1 Å². The van der Waals surface area contributed by atoms with Crippen molar-refractivity contribution in [3.63, 3.8) is 0 Å². The molecule has 0 saturated heterocycles. The van der Waals surface area contributed by atoms with Gasteiger partial charge in [-0.2, -0.15) is 5.10 Å². The summed E-state index contributed by atoms with van der Waals surface area (Å²) in [7, 11) is 0. The van der Waals surface area contributed by atoms with E-state index in [-0.39, 0.29) is 0 Å². The minimum absolute atomic E-state index is 0.610. The summed E-state index contributed by atoms with van der Waals surface area (Å²) in [4.78, 5) is 0. The molecular formula is C16H22BrN3O. The van der Waals surface area contributed by atoms with E-state index in [1.165, 1.54) is 5.56 Å². The van der Waals surface area contributed by atoms with E-state index in [0.29, 0.717) is 12.5 Å². The molecule has 5 heteroatoms. The van der Waals surface area contributed by atoms with Gasteiger partial charge in [-0.3, -0.25) is 4.68 Å². The van der Waals surface area contributed by atoms with Crippen LogP contribution in [0.2, 0.25) is 0 Å². The van der Waals surface area contributed by atoms with Crippen LogP contribution in [0.5, 0.6) is 5.75 Å². The number of benzene rings is 1. The Morgan fingerprint density at radius 2 is 2.05 bits per heavy atom. The first kappa shape index (κ1) is 16.0. The van der Waals surface area contributed by atoms with Gasteiger partial charge in [-0.25, -0.2) is 0 Å². The summed E-state index contributed by atoms with van der Waals surface area (Å²) < 4.78 is 8.56. The number of hydrogen-bond donors (Lipinski definition) is 1. The fourth-order valence-corrected chi connectivity index (χ4v) is 2.25. The lowest BCUT2D eigenvalue weighted by Gasteiger charge is -2.09. The molecule has 0 saturated carbocycles. The first-order valence-corrected chi connectivity index (χ1v) is 8.03. The second kappa shape index (κ2) is 8.20. The minimum Gasteiger partial charge on any atom is -0.492 e. The molecule has 0 unspecified atom stereocenters. The summed E-state index contributed by atoms with van der Waals surface area (Å²) in [6.07, 6.45) is 3.71. The lowest BCUT2D eigenvalue weighted by Crippen LogP contribution is -2.18. The van der Waals surface area contributed by atoms with Crippen LogP contribution in [0.1, 0.15) is 19.4 Å². The Labute approximate surface area is 134 Å². The summed E-state index contributed by atoms with van der Waals surface area (Å²) >= 11 is 3.38. The highest BCUT2D eigenvalue weighted by atomic mass is 79.9. The summed E-state index contributed by atoms with van der Waals surface area (Å²) in [5, 5.41) is 7.62. The normalized spacial score (nSPS) is 11.0. The largest absolute Gasteiger partial charge is 0.492 e. The summed E-state index contributed by atoms with van der Waals surface area (Å²) in [6.45, 7) is 7.71. The molecule has 0 spiro atoms. The molecule has 0 fully saturated rings. The SMILES string of the molecule is CC(C)CNCc1ccc(OCCn2cc(Br)cn2)cc1. The number of aromatic nitrogens is 2. The third-order valence-corrected chi connectivity index (χ3v) is 3.41. The molecule has 1 heterocycles. The van der Waals surface area contributed by atoms with Crippen molar-refractivity contribution >= 4 is 15.9 Å². The quantitative estimate of drug-likeness (QED) is 0.791. The lowest BCUT2D eigenvalue weighted by atomic mass is 10.2. The number of rotatable bonds is 8. The van der Waals surface area contributed by atoms with Gasteiger partial charge in [0.05, 0.1) is 17.2 Å². The number of halogens is 1. The van der Waals surface area contributed by atoms with Crippen molar-refractivity contribution in [3.05, 3.63) is 46.7 Å². The maximum Gasteiger partial charge on any atom is 0.119 e. The van der Waals surface area contributed by atoms with Crippen molar-refractivity contribution in [3.8, 4) is 5.75 Å². The Kier molecular flexibility index (Phi) is 6.26. The van der Waals surface area contributed by atoms with Gasteiger partial charge in [0.2, 0.25) is 0 Å². The molecule has 2 aromatic rings. The van der Waals surface area contributed by atoms with Crippen molar-refractivity contribution < 1.29 is 4.74 Å². The van der Waals surface area contributed by atoms with Crippen LogP contribution < -0.4 is 10.1 Å². The predicted molar refractivity (Wildman–Crippen MR) is 88.4 cm³/mol. The third kappa shape index (κ3) is 5.89. The Hall–Kier alpha value is -1.33. The highest BCUT2D eigenvalue weighted by molar-refractivity contribution is 9.10. The maximum atomic E-state index is 5.72. The van der Waals surface area contributed by atoms with Crippen LogP contribution in [0.25, 0.3) is 0 Å². The van der Waals surface area contributed by atoms with Gasteiger partial charge in [-0.15, -0.1) is 0 Å². The predicted octanol–water partition coefficient (Wildman–Crippen LogP) is 3.47.